The van der Waals surface area contributed by atoms with Gasteiger partial charge in [0.05, 0.1) is 0 Å². The third-order valence-electron chi connectivity index (χ3n) is 1.48. The number of rotatable bonds is 2. The lowest BCUT2D eigenvalue weighted by Gasteiger charge is -2.26. The Kier molecular flexibility index (Phi) is 3.85. The van der Waals surface area contributed by atoms with Gasteiger partial charge in [0.15, 0.2) is 0 Å². The van der Waals surface area contributed by atoms with Gasteiger partial charge in [-0.1, -0.05) is 0 Å². The van der Waals surface area contributed by atoms with Gasteiger partial charge < -0.3 is 10.1 Å². The number of nitrogens with one attached hydrogen (secondary N) is 1. The second-order valence-electron chi connectivity index (χ2n) is 4.44. The molecule has 5 heteroatoms. The molecule has 0 aromatic carbocycles. The van der Waals surface area contributed by atoms with E-state index in [1.165, 1.54) is 6.92 Å². The number of amides is 1. The molecule has 84 valence electrons. The molecule has 0 aliphatic heterocycles. The molecule has 0 rings (SSSR count). The van der Waals surface area contributed by atoms with Crippen LogP contribution >= 0.6 is 0 Å². The molecule has 0 radical (unpaired) electrons. The topological polar surface area (TPSA) is 79.2 Å². The number of carbonyl (C=O) groups excluding carboxylic acids is 2. The number of nitriles is 1. The molecular weight excluding hydrogens is 196 g/mol. The number of esters is 1. The molecule has 0 saturated carbocycles. The van der Waals surface area contributed by atoms with Crippen LogP contribution in [0.5, 0.6) is 0 Å². The van der Waals surface area contributed by atoms with Crippen LogP contribution < -0.4 is 5.32 Å². The predicted molar refractivity (Wildman–Crippen MR) is 53.7 cm³/mol. The van der Waals surface area contributed by atoms with Crippen LogP contribution in [0.3, 0.4) is 0 Å². The van der Waals surface area contributed by atoms with E-state index in [0.29, 0.717) is 0 Å². The number of hydrogen-bond acceptors (Lipinski definition) is 4. The maximum atomic E-state index is 11.6. The molecule has 0 spiro atoms. The maximum absolute atomic E-state index is 11.6. The molecule has 0 heterocycles. The van der Waals surface area contributed by atoms with E-state index in [-0.39, 0.29) is 0 Å². The van der Waals surface area contributed by atoms with E-state index in [4.69, 9.17) is 5.26 Å². The fraction of sp³-hybridized carbons (Fsp3) is 0.700. The van der Waals surface area contributed by atoms with Crippen LogP contribution in [0, 0.1) is 11.3 Å². The highest BCUT2D eigenvalue weighted by molar-refractivity contribution is 5.90. The van der Waals surface area contributed by atoms with Gasteiger partial charge in [-0.25, -0.2) is 0 Å². The zero-order valence-electron chi connectivity index (χ0n) is 9.67. The van der Waals surface area contributed by atoms with Crippen LogP contribution in [-0.4, -0.2) is 23.0 Å². The summed E-state index contributed by atoms with van der Waals surface area (Å²) in [7, 11) is 0. The van der Waals surface area contributed by atoms with Crippen LogP contribution in [0.4, 0.5) is 0 Å². The van der Waals surface area contributed by atoms with E-state index >= 15 is 0 Å². The summed E-state index contributed by atoms with van der Waals surface area (Å²) in [6.45, 7) is 7.73. The van der Waals surface area contributed by atoms with Crippen molar-refractivity contribution in [2.24, 2.45) is 0 Å². The van der Waals surface area contributed by atoms with E-state index in [1.807, 2.05) is 0 Å². The Morgan fingerprint density at radius 3 is 2.00 bits per heavy atom. The molecule has 0 aliphatic rings. The summed E-state index contributed by atoms with van der Waals surface area (Å²) < 4.78 is 4.68. The average molecular weight is 212 g/mol. The largest absolute Gasteiger partial charge is 0.434 e. The second-order valence-corrected chi connectivity index (χ2v) is 4.44. The average Bonchev–Trinajstić information content (AvgIpc) is 1.99. The van der Waals surface area contributed by atoms with E-state index < -0.39 is 23.0 Å². The summed E-state index contributed by atoms with van der Waals surface area (Å²) >= 11 is 0. The fourth-order valence-corrected chi connectivity index (χ4v) is 0.867. The summed E-state index contributed by atoms with van der Waals surface area (Å²) in [5.74, 6) is -1.28. The van der Waals surface area contributed by atoms with Crippen molar-refractivity contribution in [3.8, 4) is 6.07 Å². The number of nitrogens with zero attached hydrogens (tertiary/aromatic N) is 1. The Labute approximate surface area is 89.4 Å². The molecule has 1 atom stereocenters. The highest BCUT2D eigenvalue weighted by Crippen LogP contribution is 2.12. The van der Waals surface area contributed by atoms with Crippen molar-refractivity contribution in [2.45, 2.75) is 45.8 Å². The van der Waals surface area contributed by atoms with Gasteiger partial charge in [0.25, 0.3) is 11.5 Å². The van der Waals surface area contributed by atoms with Crippen molar-refractivity contribution in [1.82, 2.24) is 5.32 Å². The lowest BCUT2D eigenvalue weighted by molar-refractivity contribution is -0.159. The van der Waals surface area contributed by atoms with E-state index in [1.54, 1.807) is 26.8 Å². The van der Waals surface area contributed by atoms with Crippen molar-refractivity contribution in [3.05, 3.63) is 0 Å². The lowest BCUT2D eigenvalue weighted by atomic mass is 10.0. The standard InChI is InChI=1S/C10H16N2O3/c1-7(13)15-10(5,6-11)8(14)12-9(2,3)4/h1-5H3,(H,12,14). The van der Waals surface area contributed by atoms with Gasteiger partial charge in [0.2, 0.25) is 0 Å². The molecule has 15 heavy (non-hydrogen) atoms. The van der Waals surface area contributed by atoms with Gasteiger partial charge in [0.1, 0.15) is 6.07 Å². The minimum absolute atomic E-state index is 0.477. The summed E-state index contributed by atoms with van der Waals surface area (Å²) in [5, 5.41) is 11.4. The lowest BCUT2D eigenvalue weighted by Crippen LogP contribution is -2.52. The third kappa shape index (κ3) is 4.45. The Hall–Kier alpha value is -1.57. The Balaban J connectivity index is 4.76. The zero-order valence-corrected chi connectivity index (χ0v) is 9.67. The minimum atomic E-state index is -1.76. The highest BCUT2D eigenvalue weighted by Gasteiger charge is 2.38. The molecule has 0 saturated heterocycles. The van der Waals surface area contributed by atoms with E-state index in [0.717, 1.165) is 6.92 Å². The number of ether oxygens (including phenoxy) is 1. The summed E-state index contributed by atoms with van der Waals surface area (Å²) in [4.78, 5) is 22.4. The first-order chi connectivity index (χ1) is 6.60. The maximum Gasteiger partial charge on any atom is 0.304 e. The fourth-order valence-electron chi connectivity index (χ4n) is 0.867. The van der Waals surface area contributed by atoms with Gasteiger partial charge in [-0.2, -0.15) is 5.26 Å². The van der Waals surface area contributed by atoms with Crippen molar-refractivity contribution in [1.29, 1.82) is 5.26 Å². The van der Waals surface area contributed by atoms with Crippen molar-refractivity contribution >= 4 is 11.9 Å². The quantitative estimate of drug-likeness (QED) is 0.685. The first-order valence-corrected chi connectivity index (χ1v) is 4.54. The normalized spacial score (nSPS) is 14.7. The van der Waals surface area contributed by atoms with Gasteiger partial charge in [-0.05, 0) is 27.7 Å². The van der Waals surface area contributed by atoms with Crippen LogP contribution in [0.15, 0.2) is 0 Å². The zero-order chi connectivity index (χ0) is 12.3. The molecule has 0 fully saturated rings. The third-order valence-corrected chi connectivity index (χ3v) is 1.48. The Bertz CT molecular complexity index is 312. The molecular formula is C10H16N2O3. The second kappa shape index (κ2) is 4.30. The van der Waals surface area contributed by atoms with Crippen molar-refractivity contribution in [2.75, 3.05) is 0 Å². The van der Waals surface area contributed by atoms with Crippen molar-refractivity contribution in [3.63, 3.8) is 0 Å². The number of carbonyl (C=O) groups is 2. The molecule has 0 aliphatic carbocycles. The molecule has 1 unspecified atom stereocenters. The Morgan fingerprint density at radius 2 is 1.73 bits per heavy atom. The SMILES string of the molecule is CC(=O)OC(C)(C#N)C(=O)NC(C)(C)C. The first-order valence-electron chi connectivity index (χ1n) is 4.54. The number of hydrogen-bond donors (Lipinski definition) is 1. The highest BCUT2D eigenvalue weighted by atomic mass is 16.6. The molecule has 0 bridgehead atoms. The molecule has 1 amide bonds. The summed E-state index contributed by atoms with van der Waals surface area (Å²) in [6.07, 6.45) is 0. The molecule has 0 aromatic heterocycles. The van der Waals surface area contributed by atoms with E-state index in [9.17, 15) is 9.59 Å². The minimum Gasteiger partial charge on any atom is -0.434 e. The monoisotopic (exact) mass is 212 g/mol. The van der Waals surface area contributed by atoms with Crippen LogP contribution in [0.2, 0.25) is 0 Å². The van der Waals surface area contributed by atoms with Crippen LogP contribution in [-0.2, 0) is 14.3 Å². The van der Waals surface area contributed by atoms with Gasteiger partial charge >= 0.3 is 5.97 Å². The van der Waals surface area contributed by atoms with Gasteiger partial charge in [-0.3, -0.25) is 9.59 Å². The van der Waals surface area contributed by atoms with Crippen molar-refractivity contribution < 1.29 is 14.3 Å². The smallest absolute Gasteiger partial charge is 0.304 e. The Morgan fingerprint density at radius 1 is 1.27 bits per heavy atom. The molecule has 1 N–H and O–H groups in total. The summed E-state index contributed by atoms with van der Waals surface area (Å²) in [5.41, 5.74) is -2.24. The van der Waals surface area contributed by atoms with Gasteiger partial charge in [0, 0.05) is 12.5 Å². The first kappa shape index (κ1) is 13.4. The van der Waals surface area contributed by atoms with Crippen LogP contribution in [0.1, 0.15) is 34.6 Å². The summed E-state index contributed by atoms with van der Waals surface area (Å²) in [6, 6.07) is 1.68. The van der Waals surface area contributed by atoms with E-state index in [2.05, 4.69) is 10.1 Å². The van der Waals surface area contributed by atoms with Gasteiger partial charge in [-0.15, -0.1) is 0 Å². The molecule has 5 nitrogen and oxygen atoms in total. The molecule has 0 aromatic rings. The predicted octanol–water partition coefficient (Wildman–Crippen LogP) is 0.746. The van der Waals surface area contributed by atoms with Crippen LogP contribution in [0.25, 0.3) is 0 Å².